The van der Waals surface area contributed by atoms with Crippen molar-refractivity contribution in [2.75, 3.05) is 5.32 Å². The molecule has 4 rings (SSSR count). The molecule has 26 heavy (non-hydrogen) atoms. The first-order valence-corrected chi connectivity index (χ1v) is 8.14. The van der Waals surface area contributed by atoms with Crippen LogP contribution in [0.2, 0.25) is 5.02 Å². The molecule has 1 N–H and O–H groups in total. The molecule has 0 radical (unpaired) electrons. The van der Waals surface area contributed by atoms with Crippen LogP contribution in [0.15, 0.2) is 67.1 Å². The number of halogens is 2. The van der Waals surface area contributed by atoms with Gasteiger partial charge in [0, 0.05) is 34.9 Å². The molecule has 0 atom stereocenters. The summed E-state index contributed by atoms with van der Waals surface area (Å²) in [6.45, 7) is 0. The van der Waals surface area contributed by atoms with E-state index in [0.717, 1.165) is 17.3 Å². The average molecular weight is 367 g/mol. The van der Waals surface area contributed by atoms with Gasteiger partial charge in [-0.15, -0.1) is 0 Å². The highest BCUT2D eigenvalue weighted by molar-refractivity contribution is 6.30. The number of aromatic nitrogens is 3. The van der Waals surface area contributed by atoms with Crippen LogP contribution >= 0.6 is 11.6 Å². The monoisotopic (exact) mass is 366 g/mol. The molecule has 0 aliphatic carbocycles. The van der Waals surface area contributed by atoms with Crippen molar-refractivity contribution >= 4 is 29.0 Å². The Bertz CT molecular complexity index is 1080. The summed E-state index contributed by atoms with van der Waals surface area (Å²) >= 11 is 5.70. The molecule has 4 aromatic rings. The highest BCUT2D eigenvalue weighted by atomic mass is 35.5. The largest absolute Gasteiger partial charge is 0.322 e. The maximum atomic E-state index is 13.8. The molecular formula is C19H12ClFN4O. The van der Waals surface area contributed by atoms with Crippen LogP contribution in [0.5, 0.6) is 0 Å². The lowest BCUT2D eigenvalue weighted by Gasteiger charge is -2.07. The molecule has 1 amide bonds. The van der Waals surface area contributed by atoms with Gasteiger partial charge in [-0.2, -0.15) is 0 Å². The van der Waals surface area contributed by atoms with Crippen molar-refractivity contribution in [1.82, 2.24) is 14.4 Å². The van der Waals surface area contributed by atoms with E-state index in [9.17, 15) is 9.18 Å². The fourth-order valence-corrected chi connectivity index (χ4v) is 2.72. The van der Waals surface area contributed by atoms with E-state index < -0.39 is 11.7 Å². The summed E-state index contributed by atoms with van der Waals surface area (Å²) in [4.78, 5) is 20.8. The summed E-state index contributed by atoms with van der Waals surface area (Å²) in [5.74, 6) is -0.592. The summed E-state index contributed by atoms with van der Waals surface area (Å²) in [6, 6.07) is 12.9. The Balaban J connectivity index is 1.55. The molecule has 0 aliphatic rings. The summed E-state index contributed by atoms with van der Waals surface area (Å²) in [6.07, 6.45) is 5.42. The molecule has 0 saturated carbocycles. The lowest BCUT2D eigenvalue weighted by atomic mass is 10.1. The first kappa shape index (κ1) is 16.2. The van der Waals surface area contributed by atoms with E-state index in [1.54, 1.807) is 18.3 Å². The average Bonchev–Trinajstić information content (AvgIpc) is 3.06. The molecular weight excluding hydrogens is 355 g/mol. The van der Waals surface area contributed by atoms with E-state index in [-0.39, 0.29) is 10.6 Å². The number of amides is 1. The normalized spacial score (nSPS) is 10.8. The van der Waals surface area contributed by atoms with Crippen LogP contribution < -0.4 is 5.32 Å². The summed E-state index contributed by atoms with van der Waals surface area (Å²) in [7, 11) is 0. The fourth-order valence-electron chi connectivity index (χ4n) is 2.57. The maximum Gasteiger partial charge on any atom is 0.258 e. The van der Waals surface area contributed by atoms with Gasteiger partial charge in [0.05, 0.1) is 11.3 Å². The zero-order chi connectivity index (χ0) is 18.1. The first-order chi connectivity index (χ1) is 12.6. The van der Waals surface area contributed by atoms with Crippen LogP contribution in [0.1, 0.15) is 10.4 Å². The number of carbonyl (C=O) groups excluding carboxylic acids is 1. The van der Waals surface area contributed by atoms with Gasteiger partial charge < -0.3 is 5.32 Å². The van der Waals surface area contributed by atoms with Crippen molar-refractivity contribution in [3.05, 3.63) is 83.5 Å². The van der Waals surface area contributed by atoms with Gasteiger partial charge in [0.25, 0.3) is 5.91 Å². The number of nitrogens with zero attached hydrogens (tertiary/aromatic N) is 3. The number of hydrogen-bond acceptors (Lipinski definition) is 3. The predicted molar refractivity (Wildman–Crippen MR) is 97.8 cm³/mol. The van der Waals surface area contributed by atoms with E-state index in [1.165, 1.54) is 12.1 Å². The van der Waals surface area contributed by atoms with Crippen LogP contribution in [0.4, 0.5) is 10.1 Å². The molecule has 0 fully saturated rings. The molecule has 0 aliphatic heterocycles. The quantitative estimate of drug-likeness (QED) is 0.583. The topological polar surface area (TPSA) is 59.3 Å². The van der Waals surface area contributed by atoms with Crippen molar-refractivity contribution in [1.29, 1.82) is 0 Å². The number of nitrogens with one attached hydrogen (secondary N) is 1. The number of hydrogen-bond donors (Lipinski definition) is 1. The first-order valence-electron chi connectivity index (χ1n) is 7.77. The third kappa shape index (κ3) is 3.14. The van der Waals surface area contributed by atoms with Crippen LogP contribution in [0, 0.1) is 5.82 Å². The van der Waals surface area contributed by atoms with Gasteiger partial charge in [-0.3, -0.25) is 9.20 Å². The van der Waals surface area contributed by atoms with Crippen LogP contribution in [0.25, 0.3) is 17.0 Å². The number of benzene rings is 2. The van der Waals surface area contributed by atoms with Gasteiger partial charge in [-0.25, -0.2) is 14.4 Å². The Labute approximate surface area is 153 Å². The Hall–Kier alpha value is -3.25. The second-order valence-corrected chi connectivity index (χ2v) is 6.05. The zero-order valence-corrected chi connectivity index (χ0v) is 14.1. The Kier molecular flexibility index (Phi) is 4.10. The van der Waals surface area contributed by atoms with Gasteiger partial charge in [0.2, 0.25) is 5.78 Å². The minimum absolute atomic E-state index is 0.0649. The van der Waals surface area contributed by atoms with Crippen molar-refractivity contribution < 1.29 is 9.18 Å². The third-order valence-electron chi connectivity index (χ3n) is 3.85. The summed E-state index contributed by atoms with van der Waals surface area (Å²) in [5.41, 5.74) is 2.14. The minimum atomic E-state index is -0.663. The highest BCUT2D eigenvalue weighted by Gasteiger charge is 2.12. The van der Waals surface area contributed by atoms with Gasteiger partial charge in [-0.05, 0) is 36.4 Å². The molecule has 2 aromatic carbocycles. The molecule has 128 valence electrons. The van der Waals surface area contributed by atoms with Crippen molar-refractivity contribution in [2.45, 2.75) is 0 Å². The van der Waals surface area contributed by atoms with E-state index >= 15 is 0 Å². The Morgan fingerprint density at radius 1 is 1.15 bits per heavy atom. The SMILES string of the molecule is O=C(Nc1ccc(-c2cn3cccnc3n2)cc1)c1ccc(Cl)cc1F. The smallest absolute Gasteiger partial charge is 0.258 e. The van der Waals surface area contributed by atoms with Gasteiger partial charge in [0.15, 0.2) is 0 Å². The van der Waals surface area contributed by atoms with Crippen molar-refractivity contribution in [3.8, 4) is 11.3 Å². The van der Waals surface area contributed by atoms with Crippen LogP contribution in [-0.4, -0.2) is 20.3 Å². The number of imidazole rings is 1. The summed E-state index contributed by atoms with van der Waals surface area (Å²) in [5, 5.41) is 2.90. The molecule has 2 aromatic heterocycles. The lowest BCUT2D eigenvalue weighted by Crippen LogP contribution is -2.13. The van der Waals surface area contributed by atoms with Crippen molar-refractivity contribution in [2.24, 2.45) is 0 Å². The zero-order valence-electron chi connectivity index (χ0n) is 13.4. The standard InChI is InChI=1S/C19H12ClFN4O/c20-13-4-7-15(16(21)10-13)18(26)23-14-5-2-12(3-6-14)17-11-25-9-1-8-22-19(25)24-17/h1-11H,(H,23,26). The number of anilines is 1. The highest BCUT2D eigenvalue weighted by Crippen LogP contribution is 2.22. The molecule has 0 saturated heterocycles. The minimum Gasteiger partial charge on any atom is -0.322 e. The van der Waals surface area contributed by atoms with Crippen molar-refractivity contribution in [3.63, 3.8) is 0 Å². The van der Waals surface area contributed by atoms with Crippen LogP contribution in [-0.2, 0) is 0 Å². The van der Waals surface area contributed by atoms with Gasteiger partial charge >= 0.3 is 0 Å². The second-order valence-electron chi connectivity index (χ2n) is 5.61. The fraction of sp³-hybridized carbons (Fsp3) is 0. The molecule has 2 heterocycles. The van der Waals surface area contributed by atoms with E-state index in [2.05, 4.69) is 15.3 Å². The molecule has 0 unspecified atom stereocenters. The van der Waals surface area contributed by atoms with Gasteiger partial charge in [-0.1, -0.05) is 23.7 Å². The lowest BCUT2D eigenvalue weighted by molar-refractivity contribution is 0.102. The predicted octanol–water partition coefficient (Wildman–Crippen LogP) is 4.44. The maximum absolute atomic E-state index is 13.8. The number of carbonyl (C=O) groups is 1. The Morgan fingerprint density at radius 2 is 1.96 bits per heavy atom. The molecule has 0 bridgehead atoms. The number of rotatable bonds is 3. The van der Waals surface area contributed by atoms with E-state index in [1.807, 2.05) is 35.0 Å². The molecule has 7 heteroatoms. The van der Waals surface area contributed by atoms with Gasteiger partial charge in [0.1, 0.15) is 5.82 Å². The van der Waals surface area contributed by atoms with E-state index in [4.69, 9.17) is 11.6 Å². The second kappa shape index (κ2) is 6.57. The molecule has 5 nitrogen and oxygen atoms in total. The van der Waals surface area contributed by atoms with E-state index in [0.29, 0.717) is 11.5 Å². The third-order valence-corrected chi connectivity index (χ3v) is 4.08. The van der Waals surface area contributed by atoms with Crippen LogP contribution in [0.3, 0.4) is 0 Å². The molecule has 0 spiro atoms. The Morgan fingerprint density at radius 3 is 2.69 bits per heavy atom. The number of fused-ring (bicyclic) bond motifs is 1. The summed E-state index contributed by atoms with van der Waals surface area (Å²) < 4.78 is 15.7.